The van der Waals surface area contributed by atoms with Crippen molar-refractivity contribution < 1.29 is 38.7 Å². The molecule has 0 aliphatic carbocycles. The summed E-state index contributed by atoms with van der Waals surface area (Å²) >= 11 is 0. The molecular formula is C25H33N2O4V-3. The number of likely N-dealkylation sites (N-methyl/N-ethyl adjacent to an activating group) is 2. The molecule has 0 aromatic heterocycles. The Bertz CT molecular complexity index is 836. The average Bonchev–Trinajstić information content (AvgIpc) is 2.65. The maximum atomic E-state index is 11.9. The number of nitrogens with zero attached hydrogens (tertiary/aromatic N) is 2. The summed E-state index contributed by atoms with van der Waals surface area (Å²) in [6.45, 7) is 9.66. The third kappa shape index (κ3) is 12.0. The van der Waals surface area contributed by atoms with Crippen molar-refractivity contribution in [3.8, 4) is 11.5 Å². The molecule has 7 heteroatoms. The summed E-state index contributed by atoms with van der Waals surface area (Å²) in [5.74, 6) is -0.187. The van der Waals surface area contributed by atoms with E-state index in [1.165, 1.54) is 13.8 Å². The van der Waals surface area contributed by atoms with E-state index < -0.39 is 0 Å². The van der Waals surface area contributed by atoms with E-state index in [0.29, 0.717) is 13.1 Å². The minimum atomic E-state index is -0.187. The monoisotopic (exact) mass is 476 g/mol. The molecule has 0 aliphatic heterocycles. The van der Waals surface area contributed by atoms with Crippen LogP contribution in [0.15, 0.2) is 48.2 Å². The maximum absolute atomic E-state index is 11.9. The van der Waals surface area contributed by atoms with Crippen molar-refractivity contribution >= 4 is 5.78 Å². The van der Waals surface area contributed by atoms with Crippen molar-refractivity contribution in [1.29, 1.82) is 0 Å². The predicted molar refractivity (Wildman–Crippen MR) is 118 cm³/mol. The molecule has 0 saturated heterocycles. The zero-order chi connectivity index (χ0) is 23.6. The van der Waals surface area contributed by atoms with Crippen LogP contribution in [0.5, 0.6) is 11.5 Å². The molecular weight excluding hydrogens is 443 g/mol. The van der Waals surface area contributed by atoms with Crippen molar-refractivity contribution in [3.05, 3.63) is 70.5 Å². The van der Waals surface area contributed by atoms with Crippen LogP contribution in [0.4, 0.5) is 0 Å². The van der Waals surface area contributed by atoms with Crippen molar-refractivity contribution in [2.45, 2.75) is 40.8 Å². The largest absolute Gasteiger partial charge is 0.876 e. The van der Waals surface area contributed by atoms with Crippen LogP contribution >= 0.6 is 0 Å². The Balaban J connectivity index is 0.00000104. The molecule has 2 aromatic rings. The van der Waals surface area contributed by atoms with Gasteiger partial charge in [-0.25, -0.2) is 0 Å². The third-order valence-corrected chi connectivity index (χ3v) is 4.58. The molecule has 0 amide bonds. The maximum Gasteiger partial charge on any atom is 0.151 e. The molecule has 32 heavy (non-hydrogen) atoms. The van der Waals surface area contributed by atoms with Crippen LogP contribution in [0.1, 0.15) is 36.1 Å². The van der Waals surface area contributed by atoms with Gasteiger partial charge in [0.25, 0.3) is 0 Å². The van der Waals surface area contributed by atoms with Crippen molar-refractivity contribution in [1.82, 2.24) is 9.80 Å². The molecule has 0 saturated carbocycles. The summed E-state index contributed by atoms with van der Waals surface area (Å²) in [6, 6.07) is 10.9. The molecule has 0 N–H and O–H groups in total. The molecule has 0 unspecified atom stereocenters. The van der Waals surface area contributed by atoms with Gasteiger partial charge in [-0.15, -0.1) is 17.3 Å². The molecule has 2 rings (SSSR count). The standard InChI is InChI=1S/C20H28N2O2.C5H8O2.V/c1-15-5-7-19(23)17(11-15)13-21(3)9-10-22(4)14-18-12-16(2)6-8-20(18)24;1-4(6)3-5(2)7;/h5-8,11-12,23-24H,9-10,13-14H2,1-4H3;3,6H,1-2H3;/p-3/b;4-3-;. The van der Waals surface area contributed by atoms with Crippen LogP contribution in [0, 0.1) is 13.8 Å². The van der Waals surface area contributed by atoms with Gasteiger partial charge in [-0.2, -0.15) is 0 Å². The van der Waals surface area contributed by atoms with Crippen molar-refractivity contribution in [2.75, 3.05) is 27.2 Å². The van der Waals surface area contributed by atoms with E-state index in [4.69, 9.17) is 0 Å². The topological polar surface area (TPSA) is 92.7 Å². The van der Waals surface area contributed by atoms with Gasteiger partial charge in [0.1, 0.15) is 0 Å². The summed E-state index contributed by atoms with van der Waals surface area (Å²) in [6.07, 6.45) is 1.06. The molecule has 0 atom stereocenters. The van der Waals surface area contributed by atoms with E-state index in [2.05, 4.69) is 9.80 Å². The summed E-state index contributed by atoms with van der Waals surface area (Å²) < 4.78 is 0. The first kappa shape index (κ1) is 29.8. The van der Waals surface area contributed by atoms with E-state index >= 15 is 0 Å². The van der Waals surface area contributed by atoms with Gasteiger partial charge in [0.15, 0.2) is 5.78 Å². The van der Waals surface area contributed by atoms with Crippen LogP contribution in [-0.4, -0.2) is 42.8 Å². The van der Waals surface area contributed by atoms with Crippen LogP contribution in [0.2, 0.25) is 0 Å². The zero-order valence-electron chi connectivity index (χ0n) is 19.8. The number of carbonyl (C=O) groups is 1. The molecule has 6 nitrogen and oxygen atoms in total. The van der Waals surface area contributed by atoms with Crippen LogP contribution in [0.25, 0.3) is 0 Å². The van der Waals surface area contributed by atoms with Gasteiger partial charge in [0.05, 0.1) is 0 Å². The van der Waals surface area contributed by atoms with Gasteiger partial charge < -0.3 is 25.1 Å². The summed E-state index contributed by atoms with van der Waals surface area (Å²) in [4.78, 5) is 14.3. The zero-order valence-corrected chi connectivity index (χ0v) is 21.2. The van der Waals surface area contributed by atoms with E-state index in [1.807, 2.05) is 52.2 Å². The number of ketones is 1. The summed E-state index contributed by atoms with van der Waals surface area (Å²) in [5, 5.41) is 33.7. The second-order valence-corrected chi connectivity index (χ2v) is 8.06. The Hall–Kier alpha value is -2.25. The second kappa shape index (κ2) is 14.7. The van der Waals surface area contributed by atoms with E-state index in [-0.39, 0.29) is 41.6 Å². The van der Waals surface area contributed by atoms with E-state index in [0.717, 1.165) is 41.4 Å². The third-order valence-electron chi connectivity index (χ3n) is 4.58. The number of allylic oxidation sites excluding steroid dienone is 2. The quantitative estimate of drug-likeness (QED) is 0.427. The molecule has 175 valence electrons. The number of benzene rings is 2. The SMILES string of the molecule is CC(=O)/C=C(/C)[O-].Cc1ccc([O-])c(CN(C)CCN(C)Cc2cc(C)ccc2[O-])c1.[V]. The molecule has 0 heterocycles. The summed E-state index contributed by atoms with van der Waals surface area (Å²) in [7, 11) is 4.03. The van der Waals surface area contributed by atoms with Gasteiger partial charge in [-0.1, -0.05) is 54.4 Å². The summed E-state index contributed by atoms with van der Waals surface area (Å²) in [5.41, 5.74) is 3.89. The number of aryl methyl sites for hydroxylation is 2. The molecule has 0 bridgehead atoms. The van der Waals surface area contributed by atoms with Crippen LogP contribution < -0.4 is 15.3 Å². The molecule has 0 aliphatic rings. The Labute approximate surface area is 204 Å². The molecule has 1 radical (unpaired) electrons. The Kier molecular flexibility index (Phi) is 13.7. The first-order valence-corrected chi connectivity index (χ1v) is 10.2. The minimum Gasteiger partial charge on any atom is -0.876 e. The number of rotatable bonds is 8. The van der Waals surface area contributed by atoms with E-state index in [1.54, 1.807) is 12.1 Å². The molecule has 2 aromatic carbocycles. The van der Waals surface area contributed by atoms with Gasteiger partial charge in [-0.05, 0) is 52.1 Å². The van der Waals surface area contributed by atoms with Crippen molar-refractivity contribution in [3.63, 3.8) is 0 Å². The van der Waals surface area contributed by atoms with E-state index in [9.17, 15) is 20.1 Å². The minimum absolute atomic E-state index is 0. The first-order chi connectivity index (χ1) is 14.5. The fourth-order valence-corrected chi connectivity index (χ4v) is 3.03. The van der Waals surface area contributed by atoms with Gasteiger partial charge in [0, 0.05) is 44.7 Å². The van der Waals surface area contributed by atoms with Gasteiger partial charge in [-0.3, -0.25) is 4.79 Å². The number of hydrogen-bond acceptors (Lipinski definition) is 6. The van der Waals surface area contributed by atoms with Gasteiger partial charge in [0.2, 0.25) is 0 Å². The predicted octanol–water partition coefficient (Wildman–Crippen LogP) is 1.85. The number of hydrogen-bond donors (Lipinski definition) is 0. The van der Waals surface area contributed by atoms with Crippen LogP contribution in [-0.2, 0) is 36.4 Å². The van der Waals surface area contributed by atoms with Gasteiger partial charge >= 0.3 is 0 Å². The number of carbonyl (C=O) groups excluding carboxylic acids is 1. The smallest absolute Gasteiger partial charge is 0.151 e. The van der Waals surface area contributed by atoms with Crippen LogP contribution in [0.3, 0.4) is 0 Å². The Morgan fingerprint density at radius 2 is 1.22 bits per heavy atom. The fraction of sp³-hybridized carbons (Fsp3) is 0.400. The second-order valence-electron chi connectivity index (χ2n) is 8.06. The average molecular weight is 476 g/mol. The Morgan fingerprint density at radius 1 is 0.844 bits per heavy atom. The molecule has 0 fully saturated rings. The van der Waals surface area contributed by atoms with Crippen molar-refractivity contribution in [2.24, 2.45) is 0 Å². The first-order valence-electron chi connectivity index (χ1n) is 10.2. The Morgan fingerprint density at radius 3 is 1.50 bits per heavy atom. The fourth-order valence-electron chi connectivity index (χ4n) is 3.03. The normalized spacial score (nSPS) is 11.1. The molecule has 0 spiro atoms.